The predicted octanol–water partition coefficient (Wildman–Crippen LogP) is 6.71. The van der Waals surface area contributed by atoms with Crippen LogP contribution in [0.4, 0.5) is 0 Å². The van der Waals surface area contributed by atoms with Crippen molar-refractivity contribution in [3.63, 3.8) is 0 Å². The molecular weight excluding hydrogens is 438 g/mol. The van der Waals surface area contributed by atoms with E-state index in [1.54, 1.807) is 24.3 Å². The second-order valence-corrected chi connectivity index (χ2v) is 8.99. The number of unbranched alkanes of at least 4 members (excludes halogenated alkanes) is 3. The molecule has 0 aliphatic carbocycles. The molecule has 0 bridgehead atoms. The van der Waals surface area contributed by atoms with Gasteiger partial charge in [0.15, 0.2) is 0 Å². The van der Waals surface area contributed by atoms with E-state index in [4.69, 9.17) is 9.47 Å². The van der Waals surface area contributed by atoms with Gasteiger partial charge in [-0.15, -0.1) is 0 Å². The Morgan fingerprint density at radius 3 is 2.34 bits per heavy atom. The Balaban J connectivity index is 1.48. The lowest BCUT2D eigenvalue weighted by Gasteiger charge is -2.31. The van der Waals surface area contributed by atoms with Gasteiger partial charge in [0.05, 0.1) is 0 Å². The van der Waals surface area contributed by atoms with Gasteiger partial charge in [-0.05, 0) is 73.0 Å². The third-order valence-corrected chi connectivity index (χ3v) is 6.40. The van der Waals surface area contributed by atoms with E-state index in [0.717, 1.165) is 46.7 Å². The minimum absolute atomic E-state index is 0.172. The van der Waals surface area contributed by atoms with Crippen molar-refractivity contribution >= 4 is 11.1 Å². The first-order valence-corrected chi connectivity index (χ1v) is 12.5. The lowest BCUT2D eigenvalue weighted by atomic mass is 9.86. The molecule has 5 heteroatoms. The average Bonchev–Trinajstić information content (AvgIpc) is 2.86. The number of aromatic hydroxyl groups is 2. The lowest BCUT2D eigenvalue weighted by molar-refractivity contribution is 0.258. The van der Waals surface area contributed by atoms with Crippen LogP contribution < -0.4 is 14.8 Å². The van der Waals surface area contributed by atoms with Crippen molar-refractivity contribution in [3.8, 4) is 23.0 Å². The summed E-state index contributed by atoms with van der Waals surface area (Å²) in [5, 5.41) is 23.2. The second-order valence-electron chi connectivity index (χ2n) is 8.99. The van der Waals surface area contributed by atoms with Gasteiger partial charge in [-0.25, -0.2) is 0 Å². The smallest absolute Gasteiger partial charge is 0.150 e. The van der Waals surface area contributed by atoms with E-state index in [9.17, 15) is 10.2 Å². The zero-order valence-electron chi connectivity index (χ0n) is 20.6. The Labute approximate surface area is 208 Å². The Morgan fingerprint density at radius 2 is 1.60 bits per heavy atom. The summed E-state index contributed by atoms with van der Waals surface area (Å²) in [5.41, 5.74) is 5.03. The van der Waals surface area contributed by atoms with Gasteiger partial charge >= 0.3 is 0 Å². The SMILES string of the molecule is CCCCCCNCCOc1ccc([C@@H]2Oc3cc(O)ccc3C(C)=C2c2ccc(O)cc2)cc1. The molecule has 0 fully saturated rings. The van der Waals surface area contributed by atoms with Gasteiger partial charge in [0.2, 0.25) is 0 Å². The Hall–Kier alpha value is -3.44. The molecule has 4 rings (SSSR count). The van der Waals surface area contributed by atoms with Crippen molar-refractivity contribution < 1.29 is 19.7 Å². The average molecular weight is 474 g/mol. The van der Waals surface area contributed by atoms with Gasteiger partial charge in [-0.1, -0.05) is 50.5 Å². The van der Waals surface area contributed by atoms with E-state index in [-0.39, 0.29) is 17.6 Å². The van der Waals surface area contributed by atoms with E-state index in [1.807, 2.05) is 42.5 Å². The summed E-state index contributed by atoms with van der Waals surface area (Å²) in [6.45, 7) is 6.77. The number of phenols is 2. The molecule has 35 heavy (non-hydrogen) atoms. The number of fused-ring (bicyclic) bond motifs is 1. The molecule has 1 aliphatic heterocycles. The van der Waals surface area contributed by atoms with Gasteiger partial charge in [0.1, 0.15) is 35.7 Å². The summed E-state index contributed by atoms with van der Waals surface area (Å²) >= 11 is 0. The third-order valence-electron chi connectivity index (χ3n) is 6.40. The van der Waals surface area contributed by atoms with Crippen LogP contribution in [0, 0.1) is 0 Å². The van der Waals surface area contributed by atoms with E-state index in [2.05, 4.69) is 19.2 Å². The fraction of sp³-hybridized carbons (Fsp3) is 0.333. The van der Waals surface area contributed by atoms with E-state index >= 15 is 0 Å². The summed E-state index contributed by atoms with van der Waals surface area (Å²) in [4.78, 5) is 0. The molecule has 0 amide bonds. The van der Waals surface area contributed by atoms with Gasteiger partial charge in [-0.3, -0.25) is 0 Å². The first-order valence-electron chi connectivity index (χ1n) is 12.5. The Bertz CT molecular complexity index is 1140. The first-order chi connectivity index (χ1) is 17.1. The van der Waals surface area contributed by atoms with E-state index in [0.29, 0.717) is 12.4 Å². The summed E-state index contributed by atoms with van der Waals surface area (Å²) in [5.74, 6) is 1.87. The molecule has 0 unspecified atom stereocenters. The van der Waals surface area contributed by atoms with Crippen LogP contribution in [0.3, 0.4) is 0 Å². The Morgan fingerprint density at radius 1 is 0.857 bits per heavy atom. The molecule has 0 spiro atoms. The number of hydrogen-bond acceptors (Lipinski definition) is 5. The highest BCUT2D eigenvalue weighted by Crippen LogP contribution is 2.47. The number of phenolic OH excluding ortho intramolecular Hbond substituents is 2. The van der Waals surface area contributed by atoms with Crippen LogP contribution in [-0.4, -0.2) is 29.9 Å². The lowest BCUT2D eigenvalue weighted by Crippen LogP contribution is -2.22. The van der Waals surface area contributed by atoms with Gasteiger partial charge in [0.25, 0.3) is 0 Å². The fourth-order valence-corrected chi connectivity index (χ4v) is 4.47. The molecule has 0 radical (unpaired) electrons. The summed E-state index contributed by atoms with van der Waals surface area (Å²) in [6.07, 6.45) is 4.68. The minimum atomic E-state index is -0.354. The molecule has 1 atom stereocenters. The fourth-order valence-electron chi connectivity index (χ4n) is 4.47. The molecule has 3 N–H and O–H groups in total. The molecular formula is C30H35NO4. The maximum atomic E-state index is 10.0. The minimum Gasteiger partial charge on any atom is -0.508 e. The first kappa shape index (κ1) is 24.7. The van der Waals surface area contributed by atoms with Crippen molar-refractivity contribution in [1.82, 2.24) is 5.32 Å². The monoisotopic (exact) mass is 473 g/mol. The summed E-state index contributed by atoms with van der Waals surface area (Å²) < 4.78 is 12.3. The van der Waals surface area contributed by atoms with Gasteiger partial charge < -0.3 is 25.0 Å². The molecule has 3 aromatic carbocycles. The predicted molar refractivity (Wildman–Crippen MR) is 141 cm³/mol. The quantitative estimate of drug-likeness (QED) is 0.270. The van der Waals surface area contributed by atoms with Crippen LogP contribution in [0.1, 0.15) is 62.3 Å². The molecule has 0 aromatic heterocycles. The molecule has 0 saturated heterocycles. The standard InChI is InChI=1S/C30H35NO4/c1-3-4-5-6-17-31-18-19-34-26-14-9-23(10-15-26)30-29(22-7-11-24(32)12-8-22)21(2)27-16-13-25(33)20-28(27)35-30/h7-16,20,30-33H,3-6,17-19H2,1-2H3/t30-/m0/s1. The second kappa shape index (κ2) is 11.8. The van der Waals surface area contributed by atoms with Crippen molar-refractivity contribution in [2.45, 2.75) is 45.6 Å². The van der Waals surface area contributed by atoms with Crippen LogP contribution in [0.15, 0.2) is 66.7 Å². The highest BCUT2D eigenvalue weighted by Gasteiger charge is 2.29. The van der Waals surface area contributed by atoms with Crippen LogP contribution in [-0.2, 0) is 0 Å². The number of rotatable bonds is 11. The molecule has 1 aliphatic rings. The number of hydrogen-bond donors (Lipinski definition) is 3. The number of benzene rings is 3. The molecule has 3 aromatic rings. The molecule has 184 valence electrons. The molecule has 5 nitrogen and oxygen atoms in total. The van der Waals surface area contributed by atoms with Crippen molar-refractivity contribution in [2.75, 3.05) is 19.7 Å². The van der Waals surface area contributed by atoms with Crippen molar-refractivity contribution in [1.29, 1.82) is 0 Å². The third kappa shape index (κ3) is 6.17. The normalized spacial score (nSPS) is 15.0. The topological polar surface area (TPSA) is 71.0 Å². The van der Waals surface area contributed by atoms with Crippen molar-refractivity contribution in [2.24, 2.45) is 0 Å². The summed E-state index contributed by atoms with van der Waals surface area (Å²) in [7, 11) is 0. The van der Waals surface area contributed by atoms with Crippen LogP contribution in [0.5, 0.6) is 23.0 Å². The number of nitrogens with one attached hydrogen (secondary N) is 1. The van der Waals surface area contributed by atoms with Crippen LogP contribution in [0.2, 0.25) is 0 Å². The maximum absolute atomic E-state index is 10.0. The van der Waals surface area contributed by atoms with Crippen molar-refractivity contribution in [3.05, 3.63) is 83.4 Å². The van der Waals surface area contributed by atoms with Crippen LogP contribution >= 0.6 is 0 Å². The number of ether oxygens (including phenoxy) is 2. The van der Waals surface area contributed by atoms with Crippen LogP contribution in [0.25, 0.3) is 11.1 Å². The largest absolute Gasteiger partial charge is 0.508 e. The van der Waals surface area contributed by atoms with E-state index in [1.165, 1.54) is 25.7 Å². The number of allylic oxidation sites excluding steroid dienone is 1. The highest BCUT2D eigenvalue weighted by atomic mass is 16.5. The van der Waals surface area contributed by atoms with Gasteiger partial charge in [-0.2, -0.15) is 0 Å². The van der Waals surface area contributed by atoms with Gasteiger partial charge in [0, 0.05) is 23.7 Å². The summed E-state index contributed by atoms with van der Waals surface area (Å²) in [6, 6.07) is 20.4. The maximum Gasteiger partial charge on any atom is 0.150 e. The van der Waals surface area contributed by atoms with E-state index < -0.39 is 0 Å². The molecule has 1 heterocycles. The molecule has 0 saturated carbocycles. The zero-order chi connectivity index (χ0) is 24.6. The zero-order valence-corrected chi connectivity index (χ0v) is 20.6. The Kier molecular flexibility index (Phi) is 8.32. The highest BCUT2D eigenvalue weighted by molar-refractivity contribution is 5.95.